The molecule has 1 heterocycles. The van der Waals surface area contributed by atoms with Crippen molar-refractivity contribution < 1.29 is 9.21 Å². The Bertz CT molecular complexity index is 459. The van der Waals surface area contributed by atoms with Crippen LogP contribution in [0, 0.1) is 0 Å². The van der Waals surface area contributed by atoms with Crippen LogP contribution in [-0.4, -0.2) is 5.78 Å². The molecule has 0 spiro atoms. The van der Waals surface area contributed by atoms with Gasteiger partial charge in [0, 0.05) is 5.39 Å². The Kier molecular flexibility index (Phi) is 2.19. The molecule has 0 unspecified atom stereocenters. The number of carbonyl (C=O) groups excluding carboxylic acids is 1. The van der Waals surface area contributed by atoms with Crippen LogP contribution in [0.1, 0.15) is 12.7 Å². The van der Waals surface area contributed by atoms with Crippen molar-refractivity contribution in [3.63, 3.8) is 0 Å². The summed E-state index contributed by atoms with van der Waals surface area (Å²) in [7, 11) is 0. The van der Waals surface area contributed by atoms with E-state index in [1.54, 1.807) is 6.08 Å². The summed E-state index contributed by atoms with van der Waals surface area (Å²) in [6.07, 6.45) is 3.18. The summed E-state index contributed by atoms with van der Waals surface area (Å²) in [4.78, 5) is 10.7. The normalized spacial score (nSPS) is 11.2. The molecule has 0 aliphatic rings. The highest BCUT2D eigenvalue weighted by atomic mass is 16.3. The van der Waals surface area contributed by atoms with Gasteiger partial charge >= 0.3 is 0 Å². The molecular formula is C12H10O2. The molecule has 0 aliphatic heterocycles. The lowest BCUT2D eigenvalue weighted by atomic mass is 10.2. The summed E-state index contributed by atoms with van der Waals surface area (Å²) in [5.41, 5.74) is 0.843. The first kappa shape index (κ1) is 8.75. The van der Waals surface area contributed by atoms with E-state index in [-0.39, 0.29) is 5.78 Å². The Morgan fingerprint density at radius 1 is 1.36 bits per heavy atom. The fraction of sp³-hybridized carbons (Fsp3) is 0.0833. The van der Waals surface area contributed by atoms with E-state index in [9.17, 15) is 4.79 Å². The molecule has 0 saturated heterocycles. The van der Waals surface area contributed by atoms with E-state index >= 15 is 0 Å². The first-order chi connectivity index (χ1) is 6.75. The minimum absolute atomic E-state index is 0.0189. The predicted molar refractivity (Wildman–Crippen MR) is 55.9 cm³/mol. The van der Waals surface area contributed by atoms with Crippen molar-refractivity contribution in [2.24, 2.45) is 0 Å². The summed E-state index contributed by atoms with van der Waals surface area (Å²) in [5.74, 6) is 0.729. The van der Waals surface area contributed by atoms with Gasteiger partial charge in [0.2, 0.25) is 0 Å². The topological polar surface area (TPSA) is 30.2 Å². The smallest absolute Gasteiger partial charge is 0.152 e. The molecule has 2 heteroatoms. The average Bonchev–Trinajstić information content (AvgIpc) is 2.57. The second-order valence-electron chi connectivity index (χ2n) is 3.13. The van der Waals surface area contributed by atoms with Gasteiger partial charge < -0.3 is 4.42 Å². The monoisotopic (exact) mass is 186 g/mol. The molecule has 0 N–H and O–H groups in total. The van der Waals surface area contributed by atoms with Gasteiger partial charge in [0.25, 0.3) is 0 Å². The molecule has 1 aromatic carbocycles. The van der Waals surface area contributed by atoms with E-state index in [0.717, 1.165) is 11.0 Å². The maximum atomic E-state index is 10.7. The third-order valence-corrected chi connectivity index (χ3v) is 1.93. The average molecular weight is 186 g/mol. The minimum atomic E-state index is 0.0189. The Hall–Kier alpha value is -1.83. The van der Waals surface area contributed by atoms with E-state index in [1.807, 2.05) is 30.3 Å². The fourth-order valence-electron chi connectivity index (χ4n) is 1.28. The van der Waals surface area contributed by atoms with E-state index in [0.29, 0.717) is 5.76 Å². The van der Waals surface area contributed by atoms with E-state index in [4.69, 9.17) is 4.42 Å². The molecule has 2 rings (SSSR count). The number of hydrogen-bond donors (Lipinski definition) is 0. The molecule has 0 fully saturated rings. The van der Waals surface area contributed by atoms with E-state index in [2.05, 4.69) is 0 Å². The summed E-state index contributed by atoms with van der Waals surface area (Å²) < 4.78 is 5.48. The lowest BCUT2D eigenvalue weighted by Gasteiger charge is -1.83. The number of para-hydroxylation sites is 1. The number of rotatable bonds is 2. The van der Waals surface area contributed by atoms with Crippen LogP contribution in [-0.2, 0) is 4.79 Å². The van der Waals surface area contributed by atoms with Gasteiger partial charge in [-0.3, -0.25) is 4.79 Å². The van der Waals surface area contributed by atoms with Crippen LogP contribution in [0.2, 0.25) is 0 Å². The third kappa shape index (κ3) is 1.74. The lowest BCUT2D eigenvalue weighted by Crippen LogP contribution is -1.78. The minimum Gasteiger partial charge on any atom is -0.457 e. The number of carbonyl (C=O) groups is 1. The SMILES string of the molecule is CC(=O)C=Cc1cc2ccccc2o1. The first-order valence-electron chi connectivity index (χ1n) is 4.43. The number of allylic oxidation sites excluding steroid dienone is 1. The van der Waals surface area contributed by atoms with Gasteiger partial charge in [-0.2, -0.15) is 0 Å². The van der Waals surface area contributed by atoms with Crippen LogP contribution in [0.3, 0.4) is 0 Å². The van der Waals surface area contributed by atoms with Gasteiger partial charge in [-0.25, -0.2) is 0 Å². The molecule has 0 atom stereocenters. The van der Waals surface area contributed by atoms with Crippen LogP contribution >= 0.6 is 0 Å². The van der Waals surface area contributed by atoms with Gasteiger partial charge in [0.05, 0.1) is 0 Å². The fourth-order valence-corrected chi connectivity index (χ4v) is 1.28. The molecule has 0 radical (unpaired) electrons. The van der Waals surface area contributed by atoms with Crippen LogP contribution in [0.25, 0.3) is 17.0 Å². The summed E-state index contributed by atoms with van der Waals surface area (Å²) >= 11 is 0. The number of ketones is 1. The molecule has 2 aromatic rings. The predicted octanol–water partition coefficient (Wildman–Crippen LogP) is 3.04. The highest BCUT2D eigenvalue weighted by Gasteiger charge is 1.98. The van der Waals surface area contributed by atoms with Crippen molar-refractivity contribution >= 4 is 22.8 Å². The highest BCUT2D eigenvalue weighted by Crippen LogP contribution is 2.19. The number of fused-ring (bicyclic) bond motifs is 1. The Morgan fingerprint density at radius 2 is 2.14 bits per heavy atom. The van der Waals surface area contributed by atoms with Crippen molar-refractivity contribution in [3.8, 4) is 0 Å². The number of benzene rings is 1. The largest absolute Gasteiger partial charge is 0.457 e. The maximum absolute atomic E-state index is 10.7. The number of hydrogen-bond acceptors (Lipinski definition) is 2. The first-order valence-corrected chi connectivity index (χ1v) is 4.43. The lowest BCUT2D eigenvalue weighted by molar-refractivity contribution is -0.112. The van der Waals surface area contributed by atoms with Crippen molar-refractivity contribution in [1.82, 2.24) is 0 Å². The highest BCUT2D eigenvalue weighted by molar-refractivity contribution is 5.92. The molecule has 0 amide bonds. The van der Waals surface area contributed by atoms with Crippen LogP contribution in [0.15, 0.2) is 40.8 Å². The summed E-state index contributed by atoms with van der Waals surface area (Å²) in [5, 5.41) is 1.05. The van der Waals surface area contributed by atoms with Crippen molar-refractivity contribution in [1.29, 1.82) is 0 Å². The molecule has 70 valence electrons. The molecule has 1 aromatic heterocycles. The van der Waals surface area contributed by atoms with Crippen LogP contribution < -0.4 is 0 Å². The molecule has 2 nitrogen and oxygen atoms in total. The zero-order chi connectivity index (χ0) is 9.97. The second-order valence-corrected chi connectivity index (χ2v) is 3.13. The van der Waals surface area contributed by atoms with E-state index in [1.165, 1.54) is 13.0 Å². The van der Waals surface area contributed by atoms with Crippen molar-refractivity contribution in [2.75, 3.05) is 0 Å². The van der Waals surface area contributed by atoms with Crippen LogP contribution in [0.4, 0.5) is 0 Å². The van der Waals surface area contributed by atoms with Crippen molar-refractivity contribution in [2.45, 2.75) is 6.92 Å². The Morgan fingerprint density at radius 3 is 2.86 bits per heavy atom. The third-order valence-electron chi connectivity index (χ3n) is 1.93. The molecule has 0 saturated carbocycles. The second kappa shape index (κ2) is 3.50. The van der Waals surface area contributed by atoms with Gasteiger partial charge in [0.15, 0.2) is 5.78 Å². The Balaban J connectivity index is 2.40. The van der Waals surface area contributed by atoms with Gasteiger partial charge in [-0.15, -0.1) is 0 Å². The van der Waals surface area contributed by atoms with Crippen molar-refractivity contribution in [3.05, 3.63) is 42.2 Å². The standard InChI is InChI=1S/C12H10O2/c1-9(13)6-7-11-8-10-4-2-3-5-12(10)14-11/h2-8H,1H3. The van der Waals surface area contributed by atoms with Gasteiger partial charge in [-0.1, -0.05) is 18.2 Å². The van der Waals surface area contributed by atoms with Gasteiger partial charge in [-0.05, 0) is 31.2 Å². The quantitative estimate of drug-likeness (QED) is 0.675. The number of furan rings is 1. The molecule has 0 aliphatic carbocycles. The zero-order valence-corrected chi connectivity index (χ0v) is 7.86. The van der Waals surface area contributed by atoms with E-state index < -0.39 is 0 Å². The summed E-state index contributed by atoms with van der Waals surface area (Å²) in [6.45, 7) is 1.51. The molecule has 14 heavy (non-hydrogen) atoms. The zero-order valence-electron chi connectivity index (χ0n) is 7.86. The Labute approximate surface area is 81.8 Å². The van der Waals surface area contributed by atoms with Gasteiger partial charge in [0.1, 0.15) is 11.3 Å². The molecule has 0 bridgehead atoms. The maximum Gasteiger partial charge on any atom is 0.152 e. The molecular weight excluding hydrogens is 176 g/mol. The summed E-state index contributed by atoms with van der Waals surface area (Å²) in [6, 6.07) is 9.67. The van der Waals surface area contributed by atoms with Crippen LogP contribution in [0.5, 0.6) is 0 Å².